The van der Waals surface area contributed by atoms with Gasteiger partial charge in [-0.25, -0.2) is 0 Å². The smallest absolute Gasteiger partial charge is 0.0408 e. The SMILES string of the molecule is Cc1cc(Cl)ccc1C(N)C1CC(C)CC(C)C1. The van der Waals surface area contributed by atoms with Crippen LogP contribution in [0.4, 0.5) is 0 Å². The number of rotatable bonds is 2. The van der Waals surface area contributed by atoms with Crippen molar-refractivity contribution in [2.24, 2.45) is 23.5 Å². The summed E-state index contributed by atoms with van der Waals surface area (Å²) >= 11 is 6.01. The molecule has 1 aliphatic carbocycles. The van der Waals surface area contributed by atoms with Crippen LogP contribution in [0.1, 0.15) is 50.3 Å². The Morgan fingerprint density at radius 2 is 1.78 bits per heavy atom. The van der Waals surface area contributed by atoms with Crippen LogP contribution in [0.2, 0.25) is 5.02 Å². The molecular weight excluding hydrogens is 242 g/mol. The molecule has 1 saturated carbocycles. The number of nitrogens with two attached hydrogens (primary N) is 1. The maximum atomic E-state index is 6.50. The maximum absolute atomic E-state index is 6.50. The van der Waals surface area contributed by atoms with Crippen molar-refractivity contribution in [3.8, 4) is 0 Å². The van der Waals surface area contributed by atoms with Crippen molar-refractivity contribution < 1.29 is 0 Å². The standard InChI is InChI=1S/C16H24ClN/c1-10-6-11(2)8-13(7-10)16(18)15-5-4-14(17)9-12(15)3/h4-5,9-11,13,16H,6-8,18H2,1-3H3. The van der Waals surface area contributed by atoms with Crippen molar-refractivity contribution in [1.82, 2.24) is 0 Å². The van der Waals surface area contributed by atoms with Crippen molar-refractivity contribution in [2.75, 3.05) is 0 Å². The number of hydrogen-bond acceptors (Lipinski definition) is 1. The van der Waals surface area contributed by atoms with Crippen LogP contribution in [-0.4, -0.2) is 0 Å². The zero-order valence-corrected chi connectivity index (χ0v) is 12.4. The van der Waals surface area contributed by atoms with Gasteiger partial charge in [0.15, 0.2) is 0 Å². The van der Waals surface area contributed by atoms with Crippen molar-refractivity contribution in [3.05, 3.63) is 34.3 Å². The number of benzene rings is 1. The van der Waals surface area contributed by atoms with Crippen LogP contribution in [0.3, 0.4) is 0 Å². The van der Waals surface area contributed by atoms with Gasteiger partial charge in [-0.15, -0.1) is 0 Å². The molecule has 3 atom stereocenters. The summed E-state index contributed by atoms with van der Waals surface area (Å²) in [4.78, 5) is 0. The van der Waals surface area contributed by atoms with E-state index in [1.54, 1.807) is 0 Å². The van der Waals surface area contributed by atoms with E-state index in [4.69, 9.17) is 17.3 Å². The molecule has 0 bridgehead atoms. The maximum Gasteiger partial charge on any atom is 0.0408 e. The van der Waals surface area contributed by atoms with E-state index >= 15 is 0 Å². The zero-order valence-electron chi connectivity index (χ0n) is 11.6. The minimum absolute atomic E-state index is 0.160. The molecule has 0 radical (unpaired) electrons. The summed E-state index contributed by atoms with van der Waals surface area (Å²) in [6.07, 6.45) is 3.87. The highest BCUT2D eigenvalue weighted by molar-refractivity contribution is 6.30. The van der Waals surface area contributed by atoms with E-state index in [1.165, 1.54) is 30.4 Å². The van der Waals surface area contributed by atoms with Crippen LogP contribution in [0.15, 0.2) is 18.2 Å². The molecule has 100 valence electrons. The second-order valence-corrected chi connectivity index (χ2v) is 6.64. The molecule has 1 aromatic carbocycles. The van der Waals surface area contributed by atoms with E-state index in [9.17, 15) is 0 Å². The molecule has 0 saturated heterocycles. The third-order valence-corrected chi connectivity index (χ3v) is 4.55. The molecule has 1 aromatic rings. The van der Waals surface area contributed by atoms with E-state index in [2.05, 4.69) is 26.8 Å². The molecule has 0 spiro atoms. The Kier molecular flexibility index (Phi) is 4.34. The van der Waals surface area contributed by atoms with E-state index in [0.717, 1.165) is 16.9 Å². The van der Waals surface area contributed by atoms with Gasteiger partial charge in [0.1, 0.15) is 0 Å². The highest BCUT2D eigenvalue weighted by Crippen LogP contribution is 2.39. The molecular formula is C16H24ClN. The first kappa shape index (κ1) is 13.9. The van der Waals surface area contributed by atoms with Crippen molar-refractivity contribution in [2.45, 2.75) is 46.1 Å². The van der Waals surface area contributed by atoms with Gasteiger partial charge in [-0.2, -0.15) is 0 Å². The highest BCUT2D eigenvalue weighted by Gasteiger charge is 2.29. The Bertz CT molecular complexity index is 406. The topological polar surface area (TPSA) is 26.0 Å². The molecule has 0 heterocycles. The molecule has 1 aliphatic rings. The second kappa shape index (κ2) is 5.63. The third-order valence-electron chi connectivity index (χ3n) is 4.31. The lowest BCUT2D eigenvalue weighted by molar-refractivity contribution is 0.193. The summed E-state index contributed by atoms with van der Waals surface area (Å²) in [7, 11) is 0. The molecule has 2 heteroatoms. The molecule has 3 unspecified atom stereocenters. The minimum atomic E-state index is 0.160. The van der Waals surface area contributed by atoms with Gasteiger partial charge >= 0.3 is 0 Å². The van der Waals surface area contributed by atoms with Gasteiger partial charge in [0.05, 0.1) is 0 Å². The van der Waals surface area contributed by atoms with Gasteiger partial charge in [-0.1, -0.05) is 31.5 Å². The van der Waals surface area contributed by atoms with Crippen LogP contribution in [0, 0.1) is 24.7 Å². The number of hydrogen-bond donors (Lipinski definition) is 1. The first-order valence-corrected chi connectivity index (χ1v) is 7.36. The number of halogens is 1. The van der Waals surface area contributed by atoms with Gasteiger partial charge in [0, 0.05) is 11.1 Å². The fourth-order valence-electron chi connectivity index (χ4n) is 3.57. The van der Waals surface area contributed by atoms with E-state index < -0.39 is 0 Å². The van der Waals surface area contributed by atoms with Crippen LogP contribution in [-0.2, 0) is 0 Å². The van der Waals surface area contributed by atoms with Gasteiger partial charge in [-0.05, 0) is 67.2 Å². The van der Waals surface area contributed by atoms with Crippen molar-refractivity contribution >= 4 is 11.6 Å². The van der Waals surface area contributed by atoms with Gasteiger partial charge in [0.2, 0.25) is 0 Å². The normalized spacial score (nSPS) is 30.2. The Balaban J connectivity index is 2.17. The summed E-state index contributed by atoms with van der Waals surface area (Å²) in [6.45, 7) is 6.81. The minimum Gasteiger partial charge on any atom is -0.324 e. The molecule has 1 fully saturated rings. The Morgan fingerprint density at radius 3 is 2.33 bits per heavy atom. The summed E-state index contributed by atoms with van der Waals surface area (Å²) in [5.41, 5.74) is 8.99. The molecule has 1 nitrogen and oxygen atoms in total. The van der Waals surface area contributed by atoms with Crippen LogP contribution in [0.5, 0.6) is 0 Å². The van der Waals surface area contributed by atoms with Crippen LogP contribution in [0.25, 0.3) is 0 Å². The monoisotopic (exact) mass is 265 g/mol. The predicted molar refractivity (Wildman–Crippen MR) is 78.8 cm³/mol. The fraction of sp³-hybridized carbons (Fsp3) is 0.625. The molecule has 2 N–H and O–H groups in total. The van der Waals surface area contributed by atoms with E-state index in [-0.39, 0.29) is 6.04 Å². The zero-order chi connectivity index (χ0) is 13.3. The lowest BCUT2D eigenvalue weighted by atomic mass is 9.72. The quantitative estimate of drug-likeness (QED) is 0.823. The van der Waals surface area contributed by atoms with Crippen LogP contribution < -0.4 is 5.73 Å². The summed E-state index contributed by atoms with van der Waals surface area (Å²) < 4.78 is 0. The largest absolute Gasteiger partial charge is 0.324 e. The van der Waals surface area contributed by atoms with Gasteiger partial charge in [-0.3, -0.25) is 0 Å². The summed E-state index contributed by atoms with van der Waals surface area (Å²) in [6, 6.07) is 6.24. The number of aryl methyl sites for hydroxylation is 1. The molecule has 18 heavy (non-hydrogen) atoms. The molecule has 0 aromatic heterocycles. The molecule has 0 amide bonds. The highest BCUT2D eigenvalue weighted by atomic mass is 35.5. The van der Waals surface area contributed by atoms with E-state index in [1.807, 2.05) is 12.1 Å². The lowest BCUT2D eigenvalue weighted by Crippen LogP contribution is -2.29. The molecule has 2 rings (SSSR count). The van der Waals surface area contributed by atoms with Crippen molar-refractivity contribution in [3.63, 3.8) is 0 Å². The lowest BCUT2D eigenvalue weighted by Gasteiger charge is -2.35. The molecule has 0 aliphatic heterocycles. The fourth-order valence-corrected chi connectivity index (χ4v) is 3.80. The van der Waals surface area contributed by atoms with Crippen LogP contribution >= 0.6 is 11.6 Å². The Labute approximate surface area is 116 Å². The van der Waals surface area contributed by atoms with Gasteiger partial charge < -0.3 is 5.73 Å². The Hall–Kier alpha value is -0.530. The first-order valence-electron chi connectivity index (χ1n) is 6.99. The summed E-state index contributed by atoms with van der Waals surface area (Å²) in [5.74, 6) is 2.22. The third kappa shape index (κ3) is 3.07. The Morgan fingerprint density at radius 1 is 1.17 bits per heavy atom. The van der Waals surface area contributed by atoms with Gasteiger partial charge in [0.25, 0.3) is 0 Å². The van der Waals surface area contributed by atoms with Crippen molar-refractivity contribution in [1.29, 1.82) is 0 Å². The second-order valence-electron chi connectivity index (χ2n) is 6.20. The summed E-state index contributed by atoms with van der Waals surface area (Å²) in [5, 5.41) is 0.800. The first-order chi connectivity index (χ1) is 8.47. The average molecular weight is 266 g/mol. The predicted octanol–water partition coefficient (Wildman–Crippen LogP) is 4.72. The van der Waals surface area contributed by atoms with E-state index in [0.29, 0.717) is 5.92 Å². The average Bonchev–Trinajstić information content (AvgIpc) is 2.26.